The zero-order valence-corrected chi connectivity index (χ0v) is 19.5. The first-order chi connectivity index (χ1) is 15.6. The van der Waals surface area contributed by atoms with Crippen LogP contribution in [0.4, 0.5) is 5.13 Å². The number of carbonyl (C=O) groups excluding carboxylic acids is 1. The van der Waals surface area contributed by atoms with E-state index >= 15 is 0 Å². The molecule has 0 aliphatic carbocycles. The first-order valence-corrected chi connectivity index (χ1v) is 11.8. The number of carbonyl (C=O) groups is 1. The van der Waals surface area contributed by atoms with Gasteiger partial charge in [0.25, 0.3) is 11.1 Å². The van der Waals surface area contributed by atoms with Crippen LogP contribution in [0.25, 0.3) is 22.7 Å². The minimum absolute atomic E-state index is 0.186. The second-order valence-electron chi connectivity index (χ2n) is 6.91. The van der Waals surface area contributed by atoms with Gasteiger partial charge in [-0.05, 0) is 31.0 Å². The molecule has 164 valence electrons. The Morgan fingerprint density at radius 1 is 1.19 bits per heavy atom. The van der Waals surface area contributed by atoms with Crippen LogP contribution in [0.2, 0.25) is 0 Å². The summed E-state index contributed by atoms with van der Waals surface area (Å²) >= 11 is 2.59. The molecular weight excluding hydrogens is 444 g/mol. The molecule has 1 N–H and O–H groups in total. The second-order valence-corrected chi connectivity index (χ2v) is 9.06. The topological polar surface area (TPSA) is 90.1 Å². The zero-order valence-electron chi connectivity index (χ0n) is 17.9. The van der Waals surface area contributed by atoms with Crippen LogP contribution in [0.3, 0.4) is 0 Å². The molecule has 0 fully saturated rings. The van der Waals surface area contributed by atoms with Crippen molar-refractivity contribution >= 4 is 34.1 Å². The molecule has 32 heavy (non-hydrogen) atoms. The average Bonchev–Trinajstić information content (AvgIpc) is 3.49. The van der Waals surface area contributed by atoms with Gasteiger partial charge < -0.3 is 14.5 Å². The van der Waals surface area contributed by atoms with Gasteiger partial charge in [-0.15, -0.1) is 21.5 Å². The number of anilines is 1. The van der Waals surface area contributed by atoms with Gasteiger partial charge in [0.15, 0.2) is 5.13 Å². The summed E-state index contributed by atoms with van der Waals surface area (Å²) in [7, 11) is 1.58. The number of para-hydroxylation sites is 1. The van der Waals surface area contributed by atoms with Crippen LogP contribution in [-0.2, 0) is 11.2 Å². The third kappa shape index (κ3) is 5.00. The number of nitrogens with one attached hydrogen (secondary N) is 1. The Labute approximate surface area is 194 Å². The third-order valence-corrected chi connectivity index (χ3v) is 6.47. The van der Waals surface area contributed by atoms with Gasteiger partial charge in [0.1, 0.15) is 5.75 Å². The van der Waals surface area contributed by atoms with Gasteiger partial charge in [0.05, 0.1) is 23.6 Å². The largest absolute Gasteiger partial charge is 0.496 e. The summed E-state index contributed by atoms with van der Waals surface area (Å²) in [5, 5.41) is 13.4. The minimum Gasteiger partial charge on any atom is -0.496 e. The SMILES string of the molecule is CCc1ccc(-c2csc(NC(=O)[C@H](C)Sc3nnc(-c4ccccc4OC)o3)n2)cc1. The summed E-state index contributed by atoms with van der Waals surface area (Å²) < 4.78 is 11.1. The highest BCUT2D eigenvalue weighted by Crippen LogP contribution is 2.32. The van der Waals surface area contributed by atoms with Gasteiger partial charge in [-0.25, -0.2) is 4.98 Å². The number of hydrogen-bond donors (Lipinski definition) is 1. The van der Waals surface area contributed by atoms with E-state index in [1.165, 1.54) is 28.7 Å². The Morgan fingerprint density at radius 3 is 2.72 bits per heavy atom. The predicted octanol–water partition coefficient (Wildman–Crippen LogP) is 5.55. The van der Waals surface area contributed by atoms with E-state index in [-0.39, 0.29) is 5.91 Å². The molecule has 0 radical (unpaired) electrons. The molecule has 1 atom stereocenters. The molecule has 0 aliphatic rings. The van der Waals surface area contributed by atoms with Crippen molar-refractivity contribution in [2.75, 3.05) is 12.4 Å². The Kier molecular flexibility index (Phi) is 6.87. The fourth-order valence-electron chi connectivity index (χ4n) is 2.97. The van der Waals surface area contributed by atoms with Gasteiger partial charge in [-0.3, -0.25) is 4.79 Å². The van der Waals surface area contributed by atoms with Crippen molar-refractivity contribution in [3.63, 3.8) is 0 Å². The standard InChI is InChI=1S/C23H22N4O3S2/c1-4-15-9-11-16(12-10-15)18-13-31-22(24-18)25-20(28)14(2)32-23-27-26-21(30-23)17-7-5-6-8-19(17)29-3/h5-14H,4H2,1-3H3,(H,24,25,28)/t14-/m0/s1. The quantitative estimate of drug-likeness (QED) is 0.340. The first-order valence-electron chi connectivity index (χ1n) is 10.1. The average molecular weight is 467 g/mol. The van der Waals surface area contributed by atoms with Gasteiger partial charge in [0.2, 0.25) is 5.91 Å². The number of methoxy groups -OCH3 is 1. The van der Waals surface area contributed by atoms with Crippen LogP contribution in [0.1, 0.15) is 19.4 Å². The molecule has 4 rings (SSSR count). The first kappa shape index (κ1) is 22.0. The highest BCUT2D eigenvalue weighted by Gasteiger charge is 2.21. The van der Waals surface area contributed by atoms with Crippen molar-refractivity contribution < 1.29 is 13.9 Å². The Hall–Kier alpha value is -3.17. The van der Waals surface area contributed by atoms with E-state index in [0.717, 1.165) is 17.7 Å². The van der Waals surface area contributed by atoms with E-state index in [2.05, 4.69) is 39.6 Å². The summed E-state index contributed by atoms with van der Waals surface area (Å²) in [4.78, 5) is 17.2. The number of benzene rings is 2. The molecule has 9 heteroatoms. The molecule has 1 amide bonds. The number of aryl methyl sites for hydroxylation is 1. The fourth-order valence-corrected chi connectivity index (χ4v) is 4.38. The van der Waals surface area contributed by atoms with Gasteiger partial charge >= 0.3 is 0 Å². The third-order valence-electron chi connectivity index (χ3n) is 4.78. The normalized spacial score (nSPS) is 11.8. The molecule has 0 spiro atoms. The Morgan fingerprint density at radius 2 is 1.97 bits per heavy atom. The fraction of sp³-hybridized carbons (Fsp3) is 0.217. The highest BCUT2D eigenvalue weighted by molar-refractivity contribution is 8.00. The van der Waals surface area contributed by atoms with Gasteiger partial charge in [-0.1, -0.05) is 55.1 Å². The van der Waals surface area contributed by atoms with Crippen LogP contribution in [0.15, 0.2) is 63.6 Å². The zero-order chi connectivity index (χ0) is 22.5. The van der Waals surface area contributed by atoms with Crippen molar-refractivity contribution in [2.45, 2.75) is 30.7 Å². The molecule has 2 heterocycles. The van der Waals surface area contributed by atoms with E-state index in [0.29, 0.717) is 27.6 Å². The van der Waals surface area contributed by atoms with Crippen LogP contribution < -0.4 is 10.1 Å². The van der Waals surface area contributed by atoms with E-state index in [9.17, 15) is 4.79 Å². The lowest BCUT2D eigenvalue weighted by Gasteiger charge is -2.07. The molecule has 0 saturated heterocycles. The molecule has 0 aliphatic heterocycles. The maximum Gasteiger partial charge on any atom is 0.277 e. The van der Waals surface area contributed by atoms with Crippen molar-refractivity contribution in [1.29, 1.82) is 0 Å². The monoisotopic (exact) mass is 466 g/mol. The lowest BCUT2D eigenvalue weighted by Crippen LogP contribution is -2.22. The van der Waals surface area contributed by atoms with Crippen molar-refractivity contribution in [3.05, 3.63) is 59.5 Å². The smallest absolute Gasteiger partial charge is 0.277 e. The highest BCUT2D eigenvalue weighted by atomic mass is 32.2. The Bertz CT molecular complexity index is 1200. The summed E-state index contributed by atoms with van der Waals surface area (Å²) in [5.74, 6) is 0.799. The van der Waals surface area contributed by atoms with Crippen molar-refractivity contribution in [3.8, 4) is 28.5 Å². The van der Waals surface area contributed by atoms with Crippen molar-refractivity contribution in [2.24, 2.45) is 0 Å². The molecule has 2 aromatic carbocycles. The van der Waals surface area contributed by atoms with Crippen molar-refractivity contribution in [1.82, 2.24) is 15.2 Å². The molecule has 0 bridgehead atoms. The second kappa shape index (κ2) is 9.97. The number of hydrogen-bond acceptors (Lipinski definition) is 8. The molecule has 0 unspecified atom stereocenters. The Balaban J connectivity index is 1.38. The molecular formula is C23H22N4O3S2. The van der Waals surface area contributed by atoms with Crippen LogP contribution in [0.5, 0.6) is 5.75 Å². The van der Waals surface area contributed by atoms with E-state index in [1.54, 1.807) is 14.0 Å². The summed E-state index contributed by atoms with van der Waals surface area (Å²) in [6.45, 7) is 3.91. The maximum absolute atomic E-state index is 12.6. The van der Waals surface area contributed by atoms with Crippen LogP contribution >= 0.6 is 23.1 Å². The van der Waals surface area contributed by atoms with Crippen LogP contribution in [-0.4, -0.2) is 33.4 Å². The molecule has 2 aromatic heterocycles. The summed E-state index contributed by atoms with van der Waals surface area (Å²) in [6.07, 6.45) is 0.995. The molecule has 0 saturated carbocycles. The molecule has 4 aromatic rings. The van der Waals surface area contributed by atoms with Gasteiger partial charge in [0, 0.05) is 10.9 Å². The summed E-state index contributed by atoms with van der Waals surface area (Å²) in [5.41, 5.74) is 3.84. The number of thioether (sulfide) groups is 1. The van der Waals surface area contributed by atoms with E-state index in [4.69, 9.17) is 9.15 Å². The number of amides is 1. The molecule has 7 nitrogen and oxygen atoms in total. The minimum atomic E-state index is -0.447. The number of rotatable bonds is 8. The van der Waals surface area contributed by atoms with E-state index < -0.39 is 5.25 Å². The number of aromatic nitrogens is 3. The number of ether oxygens (including phenoxy) is 1. The predicted molar refractivity (Wildman–Crippen MR) is 127 cm³/mol. The number of nitrogens with zero attached hydrogens (tertiary/aromatic N) is 3. The maximum atomic E-state index is 12.6. The van der Waals surface area contributed by atoms with Crippen LogP contribution in [0, 0.1) is 0 Å². The summed E-state index contributed by atoms with van der Waals surface area (Å²) in [6, 6.07) is 15.7. The number of thiazole rings is 1. The van der Waals surface area contributed by atoms with Gasteiger partial charge in [-0.2, -0.15) is 0 Å². The lowest BCUT2D eigenvalue weighted by atomic mass is 10.1. The lowest BCUT2D eigenvalue weighted by molar-refractivity contribution is -0.115. The van der Waals surface area contributed by atoms with E-state index in [1.807, 2.05) is 41.8 Å².